The first-order chi connectivity index (χ1) is 19.2. The lowest BCUT2D eigenvalue weighted by Gasteiger charge is -2.25. The number of rotatable bonds is 7. The van der Waals surface area contributed by atoms with Crippen molar-refractivity contribution in [2.24, 2.45) is 4.99 Å². The second-order valence-electron chi connectivity index (χ2n) is 8.56. The fraction of sp³-hybridized carbons (Fsp3) is 0.222. The Morgan fingerprint density at radius 2 is 2.02 bits per heavy atom. The van der Waals surface area contributed by atoms with Crippen molar-refractivity contribution in [1.82, 2.24) is 14.5 Å². The van der Waals surface area contributed by atoms with Gasteiger partial charge in [0.15, 0.2) is 15.1 Å². The van der Waals surface area contributed by atoms with E-state index < -0.39 is 12.0 Å². The van der Waals surface area contributed by atoms with Crippen molar-refractivity contribution in [2.45, 2.75) is 37.1 Å². The number of aromatic nitrogens is 3. The zero-order valence-electron chi connectivity index (χ0n) is 21.7. The van der Waals surface area contributed by atoms with E-state index >= 15 is 0 Å². The molecule has 1 atom stereocenters. The number of fused-ring (bicyclic) bond motifs is 1. The molecule has 0 radical (unpaired) electrons. The Kier molecular flexibility index (Phi) is 8.45. The van der Waals surface area contributed by atoms with E-state index in [1.165, 1.54) is 27.7 Å². The van der Waals surface area contributed by atoms with Gasteiger partial charge in [0, 0.05) is 18.0 Å². The summed E-state index contributed by atoms with van der Waals surface area (Å²) in [5.41, 5.74) is 2.03. The monoisotopic (exact) mass is 704 g/mol. The molecule has 1 aromatic carbocycles. The number of nitrogens with zero attached hydrogens (tertiary/aromatic N) is 4. The molecule has 40 heavy (non-hydrogen) atoms. The lowest BCUT2D eigenvalue weighted by Crippen LogP contribution is -2.39. The summed E-state index contributed by atoms with van der Waals surface area (Å²) in [6.07, 6.45) is 3.35. The molecule has 13 heteroatoms. The maximum atomic E-state index is 13.9. The molecule has 206 valence electrons. The van der Waals surface area contributed by atoms with Crippen molar-refractivity contribution in [3.63, 3.8) is 0 Å². The smallest absolute Gasteiger partial charge is 0.338 e. The molecule has 0 saturated heterocycles. The van der Waals surface area contributed by atoms with Crippen molar-refractivity contribution in [3.05, 3.63) is 93.4 Å². The zero-order valence-corrected chi connectivity index (χ0v) is 26.5. The van der Waals surface area contributed by atoms with Crippen LogP contribution in [-0.2, 0) is 9.53 Å². The lowest BCUT2D eigenvalue weighted by atomic mass is 9.96. The number of esters is 1. The topological polar surface area (TPSA) is 109 Å². The number of benzene rings is 1. The van der Waals surface area contributed by atoms with Crippen LogP contribution in [0.2, 0.25) is 0 Å². The Bertz CT molecular complexity index is 1840. The molecule has 1 aliphatic rings. The number of carbonyl (C=O) groups excluding carboxylic acids is 1. The number of carbonyl (C=O) groups is 1. The Morgan fingerprint density at radius 3 is 2.73 bits per heavy atom. The predicted octanol–water partition coefficient (Wildman–Crippen LogP) is 5.17. The average Bonchev–Trinajstić information content (AvgIpc) is 3.40. The van der Waals surface area contributed by atoms with Crippen molar-refractivity contribution in [3.8, 4) is 5.75 Å². The Balaban J connectivity index is 1.61. The number of allylic oxidation sites excluding steroid dienone is 1. The summed E-state index contributed by atoms with van der Waals surface area (Å²) in [5, 5.41) is 1.11. The summed E-state index contributed by atoms with van der Waals surface area (Å²) >= 11 is 9.54. The molecule has 0 fully saturated rings. The van der Waals surface area contributed by atoms with Gasteiger partial charge in [0.1, 0.15) is 11.5 Å². The fourth-order valence-electron chi connectivity index (χ4n) is 4.16. The molecule has 0 amide bonds. The van der Waals surface area contributed by atoms with E-state index in [1.54, 1.807) is 45.4 Å². The zero-order chi connectivity index (χ0) is 28.6. The molecule has 5 rings (SSSR count). The van der Waals surface area contributed by atoms with Crippen LogP contribution in [0.15, 0.2) is 81.2 Å². The molecular weight excluding hydrogens is 684 g/mol. The number of halogens is 2. The van der Waals surface area contributed by atoms with Crippen LogP contribution in [0.5, 0.6) is 5.75 Å². The molecule has 3 aromatic heterocycles. The highest BCUT2D eigenvalue weighted by atomic mass is 79.9. The minimum absolute atomic E-state index is 0.195. The third-order valence-electron chi connectivity index (χ3n) is 5.91. The largest absolute Gasteiger partial charge is 0.496 e. The summed E-state index contributed by atoms with van der Waals surface area (Å²) in [6.45, 7) is 5.57. The number of methoxy groups -OCH3 is 1. The first-order valence-corrected chi connectivity index (χ1v) is 15.2. The molecule has 0 saturated carbocycles. The number of hydrogen-bond acceptors (Lipinski definition) is 10. The van der Waals surface area contributed by atoms with Gasteiger partial charge in [-0.3, -0.25) is 9.36 Å². The average molecular weight is 706 g/mol. The molecule has 0 aliphatic carbocycles. The van der Waals surface area contributed by atoms with E-state index in [2.05, 4.69) is 46.8 Å². The van der Waals surface area contributed by atoms with E-state index in [-0.39, 0.29) is 12.2 Å². The molecule has 0 bridgehead atoms. The van der Waals surface area contributed by atoms with Gasteiger partial charge in [-0.2, -0.15) is 0 Å². The van der Waals surface area contributed by atoms with E-state index in [9.17, 15) is 9.59 Å². The summed E-state index contributed by atoms with van der Waals surface area (Å²) in [7, 11) is 1.57. The Morgan fingerprint density at radius 1 is 1.23 bits per heavy atom. The van der Waals surface area contributed by atoms with Crippen molar-refractivity contribution < 1.29 is 18.7 Å². The van der Waals surface area contributed by atoms with Crippen LogP contribution in [0.4, 0.5) is 0 Å². The minimum Gasteiger partial charge on any atom is -0.496 e. The number of aryl methyl sites for hydroxylation is 1. The molecule has 0 unspecified atom stereocenters. The lowest BCUT2D eigenvalue weighted by molar-refractivity contribution is -0.139. The fourth-order valence-corrected chi connectivity index (χ4v) is 7.05. The summed E-state index contributed by atoms with van der Waals surface area (Å²) < 4.78 is 20.1. The summed E-state index contributed by atoms with van der Waals surface area (Å²) in [4.78, 5) is 40.7. The number of hydrogen-bond donors (Lipinski definition) is 0. The van der Waals surface area contributed by atoms with Crippen LogP contribution in [0.3, 0.4) is 0 Å². The number of ether oxygens (including phenoxy) is 2. The number of furan rings is 1. The van der Waals surface area contributed by atoms with E-state index in [0.717, 1.165) is 5.69 Å². The van der Waals surface area contributed by atoms with Crippen LogP contribution in [0, 0.1) is 6.92 Å². The summed E-state index contributed by atoms with van der Waals surface area (Å²) in [5.74, 6) is 0.574. The number of thiazole rings is 1. The van der Waals surface area contributed by atoms with Gasteiger partial charge >= 0.3 is 5.97 Å². The van der Waals surface area contributed by atoms with Gasteiger partial charge in [-0.05, 0) is 94.2 Å². The van der Waals surface area contributed by atoms with Crippen molar-refractivity contribution in [1.29, 1.82) is 0 Å². The Hall–Kier alpha value is -3.00. The minimum atomic E-state index is -0.743. The first-order valence-electron chi connectivity index (χ1n) is 12.0. The second kappa shape index (κ2) is 11.9. The predicted molar refractivity (Wildman–Crippen MR) is 158 cm³/mol. The highest BCUT2D eigenvalue weighted by molar-refractivity contribution is 9.10. The normalized spacial score (nSPS) is 15.2. The first kappa shape index (κ1) is 28.5. The third kappa shape index (κ3) is 5.60. The van der Waals surface area contributed by atoms with Gasteiger partial charge < -0.3 is 13.9 Å². The summed E-state index contributed by atoms with van der Waals surface area (Å²) in [6, 6.07) is 8.30. The van der Waals surface area contributed by atoms with Gasteiger partial charge in [0.25, 0.3) is 5.56 Å². The van der Waals surface area contributed by atoms with Crippen LogP contribution < -0.4 is 19.6 Å². The van der Waals surface area contributed by atoms with E-state index in [1.807, 2.05) is 25.1 Å². The van der Waals surface area contributed by atoms with Gasteiger partial charge in [-0.25, -0.2) is 19.8 Å². The molecule has 4 heterocycles. The van der Waals surface area contributed by atoms with Crippen LogP contribution in [0.1, 0.15) is 36.9 Å². The molecule has 0 spiro atoms. The van der Waals surface area contributed by atoms with Gasteiger partial charge in [-0.1, -0.05) is 17.4 Å². The quantitative estimate of drug-likeness (QED) is 0.191. The maximum absolute atomic E-state index is 13.9. The standard InChI is InChI=1S/C27H22Br2N4O5S2/c1-5-37-24(35)21-14(3)32-27-33(22(21)15-6-7-19(36-4)17(28)10-15)23(34)20(39-27)12-16-11-18(29)25(38-16)40-26-30-9-8-13(2)31-26/h6-12,22H,5H2,1-4H3/b20-12+/t22-/m0/s1. The van der Waals surface area contributed by atoms with E-state index in [0.29, 0.717) is 56.9 Å². The molecule has 1 aliphatic heterocycles. The van der Waals surface area contributed by atoms with Crippen LogP contribution >= 0.6 is 55.0 Å². The molecule has 4 aromatic rings. The molecule has 9 nitrogen and oxygen atoms in total. The highest BCUT2D eigenvalue weighted by Crippen LogP contribution is 2.36. The van der Waals surface area contributed by atoms with Crippen molar-refractivity contribution in [2.75, 3.05) is 13.7 Å². The molecular formula is C27H22Br2N4O5S2. The van der Waals surface area contributed by atoms with Crippen LogP contribution in [0.25, 0.3) is 6.08 Å². The third-order valence-corrected chi connectivity index (χ3v) is 9.24. The maximum Gasteiger partial charge on any atom is 0.338 e. The molecule has 0 N–H and O–H groups in total. The van der Waals surface area contributed by atoms with Gasteiger partial charge in [0.2, 0.25) is 0 Å². The highest BCUT2D eigenvalue weighted by Gasteiger charge is 2.33. The van der Waals surface area contributed by atoms with Crippen LogP contribution in [-0.4, -0.2) is 34.2 Å². The Labute approximate surface area is 253 Å². The second-order valence-corrected chi connectivity index (χ2v) is 12.2. The van der Waals surface area contributed by atoms with E-state index in [4.69, 9.17) is 13.9 Å². The van der Waals surface area contributed by atoms with Gasteiger partial charge in [0.05, 0.1) is 44.5 Å². The van der Waals surface area contributed by atoms with Crippen molar-refractivity contribution >= 4 is 67.0 Å². The SMILES string of the molecule is CCOC(=O)C1=C(C)N=c2s/c(=C/c3cc(Br)c(Sc4nccc(C)n4)o3)c(=O)n2[C@H]1c1ccc(OC)c(Br)c1. The van der Waals surface area contributed by atoms with Gasteiger partial charge in [-0.15, -0.1) is 0 Å².